The summed E-state index contributed by atoms with van der Waals surface area (Å²) in [6, 6.07) is 27.2. The van der Waals surface area contributed by atoms with Gasteiger partial charge in [0.1, 0.15) is 24.7 Å². The number of anilines is 1. The number of hydrogen-bond donors (Lipinski definition) is 1. The Morgan fingerprint density at radius 1 is 0.912 bits per heavy atom. The minimum Gasteiger partial charge on any atom is -0.486 e. The smallest absolute Gasteiger partial charge is 0.244 e. The molecule has 0 unspecified atom stereocenters. The second kappa shape index (κ2) is 9.23. The van der Waals surface area contributed by atoms with Crippen LogP contribution in [0, 0.1) is 13.8 Å². The van der Waals surface area contributed by atoms with Crippen molar-refractivity contribution in [2.24, 2.45) is 0 Å². The summed E-state index contributed by atoms with van der Waals surface area (Å²) in [6.45, 7) is 4.22. The lowest BCUT2D eigenvalue weighted by Gasteiger charge is -2.11. The van der Waals surface area contributed by atoms with E-state index < -0.39 is 0 Å². The zero-order valence-electron chi connectivity index (χ0n) is 19.1. The lowest BCUT2D eigenvalue weighted by molar-refractivity contribution is -0.116. The number of aryl methyl sites for hydroxylation is 1. The van der Waals surface area contributed by atoms with Crippen molar-refractivity contribution in [3.8, 4) is 11.4 Å². The molecule has 0 spiro atoms. The zero-order chi connectivity index (χ0) is 23.5. The minimum absolute atomic E-state index is 0.114. The van der Waals surface area contributed by atoms with Crippen molar-refractivity contribution < 1.29 is 9.53 Å². The van der Waals surface area contributed by atoms with Crippen molar-refractivity contribution in [1.82, 2.24) is 19.3 Å². The summed E-state index contributed by atoms with van der Waals surface area (Å²) < 4.78 is 9.67. The highest BCUT2D eigenvalue weighted by Crippen LogP contribution is 2.24. The third-order valence-corrected chi connectivity index (χ3v) is 5.70. The summed E-state index contributed by atoms with van der Waals surface area (Å²) in [6.07, 6.45) is 0. The number of para-hydroxylation sites is 4. The van der Waals surface area contributed by atoms with Crippen molar-refractivity contribution in [3.05, 3.63) is 102 Å². The SMILES string of the molecule is Cc1nn(-c2ccccc2)c(C)c1NC(=O)Cn1c(COc2ccccc2)nc2ccccc21. The molecule has 0 saturated carbocycles. The van der Waals surface area contributed by atoms with Gasteiger partial charge >= 0.3 is 0 Å². The van der Waals surface area contributed by atoms with Gasteiger partial charge in [0, 0.05) is 0 Å². The van der Waals surface area contributed by atoms with E-state index in [9.17, 15) is 4.79 Å². The number of hydrogen-bond acceptors (Lipinski definition) is 4. The number of aromatic nitrogens is 4. The first-order valence-electron chi connectivity index (χ1n) is 11.1. The largest absolute Gasteiger partial charge is 0.486 e. The molecule has 5 rings (SSSR count). The van der Waals surface area contributed by atoms with Crippen LogP contribution >= 0.6 is 0 Å². The standard InChI is InChI=1S/C27H25N5O2/c1-19-27(20(2)32(30-19)21-11-5-3-6-12-21)29-26(33)17-31-24-16-10-9-15-23(24)28-25(31)18-34-22-13-7-4-8-14-22/h3-16H,17-18H2,1-2H3,(H,29,33). The number of benzene rings is 3. The van der Waals surface area contributed by atoms with Crippen molar-refractivity contribution in [1.29, 1.82) is 0 Å². The lowest BCUT2D eigenvalue weighted by Crippen LogP contribution is -2.21. The molecule has 0 bridgehead atoms. The molecule has 0 radical (unpaired) electrons. The first-order valence-corrected chi connectivity index (χ1v) is 11.1. The highest BCUT2D eigenvalue weighted by atomic mass is 16.5. The molecule has 0 aliphatic carbocycles. The van der Waals surface area contributed by atoms with Gasteiger partial charge in [0.15, 0.2) is 0 Å². The van der Waals surface area contributed by atoms with Crippen LogP contribution in [0.15, 0.2) is 84.9 Å². The fourth-order valence-corrected chi connectivity index (χ4v) is 4.04. The van der Waals surface area contributed by atoms with Crippen molar-refractivity contribution >= 4 is 22.6 Å². The number of rotatable bonds is 7. The topological polar surface area (TPSA) is 74.0 Å². The molecule has 34 heavy (non-hydrogen) atoms. The summed E-state index contributed by atoms with van der Waals surface area (Å²) in [5, 5.41) is 7.68. The van der Waals surface area contributed by atoms with Crippen molar-refractivity contribution in [2.75, 3.05) is 5.32 Å². The molecule has 2 aromatic heterocycles. The average molecular weight is 452 g/mol. The highest BCUT2D eigenvalue weighted by molar-refractivity contribution is 5.93. The van der Waals surface area contributed by atoms with Crippen LogP contribution < -0.4 is 10.1 Å². The van der Waals surface area contributed by atoms with E-state index >= 15 is 0 Å². The number of imidazole rings is 1. The predicted octanol–water partition coefficient (Wildman–Crippen LogP) is 5.06. The van der Waals surface area contributed by atoms with Gasteiger partial charge in [-0.05, 0) is 50.2 Å². The van der Waals surface area contributed by atoms with E-state index in [0.717, 1.165) is 39.5 Å². The Morgan fingerprint density at radius 3 is 2.35 bits per heavy atom. The maximum atomic E-state index is 13.2. The average Bonchev–Trinajstić information content (AvgIpc) is 3.36. The van der Waals surface area contributed by atoms with Crippen molar-refractivity contribution in [3.63, 3.8) is 0 Å². The first-order chi connectivity index (χ1) is 16.6. The van der Waals surface area contributed by atoms with Crippen LogP contribution in [0.4, 0.5) is 5.69 Å². The number of carbonyl (C=O) groups is 1. The molecule has 0 atom stereocenters. The Kier molecular flexibility index (Phi) is 5.82. The summed E-state index contributed by atoms with van der Waals surface area (Å²) in [4.78, 5) is 17.9. The zero-order valence-corrected chi connectivity index (χ0v) is 19.1. The number of fused-ring (bicyclic) bond motifs is 1. The molecule has 7 heteroatoms. The predicted molar refractivity (Wildman–Crippen MR) is 132 cm³/mol. The number of ether oxygens (including phenoxy) is 1. The van der Waals surface area contributed by atoms with E-state index in [1.165, 1.54) is 0 Å². The van der Waals surface area contributed by atoms with Crippen LogP contribution in [-0.2, 0) is 17.9 Å². The number of nitrogens with zero attached hydrogens (tertiary/aromatic N) is 4. The van der Waals surface area contributed by atoms with Gasteiger partial charge in [-0.1, -0.05) is 48.5 Å². The van der Waals surface area contributed by atoms with E-state index in [-0.39, 0.29) is 19.1 Å². The van der Waals surface area contributed by atoms with E-state index in [1.807, 2.05) is 108 Å². The Balaban J connectivity index is 1.39. The number of nitrogens with one attached hydrogen (secondary N) is 1. The number of carbonyl (C=O) groups excluding carboxylic acids is 1. The van der Waals surface area contributed by atoms with E-state index in [1.54, 1.807) is 0 Å². The van der Waals surface area contributed by atoms with Crippen LogP contribution in [0.3, 0.4) is 0 Å². The maximum absolute atomic E-state index is 13.2. The Morgan fingerprint density at radius 2 is 1.59 bits per heavy atom. The van der Waals surface area contributed by atoms with Crippen LogP contribution in [0.1, 0.15) is 17.2 Å². The Bertz CT molecular complexity index is 1440. The van der Waals surface area contributed by atoms with E-state index in [0.29, 0.717) is 5.82 Å². The highest BCUT2D eigenvalue weighted by Gasteiger charge is 2.18. The second-order valence-corrected chi connectivity index (χ2v) is 8.05. The molecule has 1 amide bonds. The third-order valence-electron chi connectivity index (χ3n) is 5.70. The van der Waals surface area contributed by atoms with Gasteiger partial charge < -0.3 is 14.6 Å². The maximum Gasteiger partial charge on any atom is 0.244 e. The third kappa shape index (κ3) is 4.28. The van der Waals surface area contributed by atoms with Crippen LogP contribution in [0.2, 0.25) is 0 Å². The fraction of sp³-hybridized carbons (Fsp3) is 0.148. The summed E-state index contributed by atoms with van der Waals surface area (Å²) in [5.41, 5.74) is 5.02. The summed E-state index contributed by atoms with van der Waals surface area (Å²) in [7, 11) is 0. The van der Waals surface area contributed by atoms with Crippen LogP contribution in [-0.4, -0.2) is 25.2 Å². The first kappa shape index (κ1) is 21.5. The molecule has 1 N–H and O–H groups in total. The molecular formula is C27H25N5O2. The quantitative estimate of drug-likeness (QED) is 0.376. The molecule has 0 fully saturated rings. The van der Waals surface area contributed by atoms with Gasteiger partial charge in [0.05, 0.1) is 33.8 Å². The monoisotopic (exact) mass is 451 g/mol. The summed E-state index contributed by atoms with van der Waals surface area (Å²) in [5.74, 6) is 1.29. The van der Waals surface area contributed by atoms with E-state index in [4.69, 9.17) is 9.72 Å². The molecule has 5 aromatic rings. The normalized spacial score (nSPS) is 11.0. The molecule has 3 aromatic carbocycles. The van der Waals surface area contributed by atoms with Crippen LogP contribution in [0.25, 0.3) is 16.7 Å². The van der Waals surface area contributed by atoms with E-state index in [2.05, 4.69) is 10.4 Å². The summed E-state index contributed by atoms with van der Waals surface area (Å²) >= 11 is 0. The Hall–Kier alpha value is -4.39. The van der Waals surface area contributed by atoms with Gasteiger partial charge in [0.25, 0.3) is 0 Å². The number of amides is 1. The molecule has 2 heterocycles. The molecule has 0 aliphatic heterocycles. The van der Waals surface area contributed by atoms with Crippen LogP contribution in [0.5, 0.6) is 5.75 Å². The molecule has 0 saturated heterocycles. The van der Waals surface area contributed by atoms with Gasteiger partial charge in [0.2, 0.25) is 5.91 Å². The molecule has 170 valence electrons. The van der Waals surface area contributed by atoms with Crippen molar-refractivity contribution in [2.45, 2.75) is 27.0 Å². The minimum atomic E-state index is -0.150. The van der Waals surface area contributed by atoms with Gasteiger partial charge in [-0.2, -0.15) is 5.10 Å². The van der Waals surface area contributed by atoms with Gasteiger partial charge in [-0.15, -0.1) is 0 Å². The molecule has 7 nitrogen and oxygen atoms in total. The van der Waals surface area contributed by atoms with Gasteiger partial charge in [-0.25, -0.2) is 9.67 Å². The fourth-order valence-electron chi connectivity index (χ4n) is 4.04. The van der Waals surface area contributed by atoms with Gasteiger partial charge in [-0.3, -0.25) is 4.79 Å². The second-order valence-electron chi connectivity index (χ2n) is 8.05. The Labute approximate surface area is 197 Å². The molecular weight excluding hydrogens is 426 g/mol. The molecule has 0 aliphatic rings. The lowest BCUT2D eigenvalue weighted by atomic mass is 10.3.